The molecule has 1 nitrogen and oxygen atoms in total. The lowest BCUT2D eigenvalue weighted by atomic mass is 10.2. The van der Waals surface area contributed by atoms with Crippen molar-refractivity contribution in [1.82, 2.24) is 0 Å². The molecule has 0 heterocycles. The highest BCUT2D eigenvalue weighted by Crippen LogP contribution is 2.28. The van der Waals surface area contributed by atoms with Crippen LogP contribution in [0.15, 0.2) is 29.3 Å². The van der Waals surface area contributed by atoms with E-state index in [1.807, 2.05) is 6.21 Å². The summed E-state index contributed by atoms with van der Waals surface area (Å²) in [4.78, 5) is 4.32. The van der Waals surface area contributed by atoms with Crippen LogP contribution in [0.4, 0.5) is 0 Å². The number of nitrogens with zero attached hydrogens (tertiary/aromatic N) is 1. The van der Waals surface area contributed by atoms with Crippen LogP contribution in [0.25, 0.3) is 0 Å². The first-order chi connectivity index (χ1) is 6.59. The molecule has 0 fully saturated rings. The maximum absolute atomic E-state index is 4.32. The Morgan fingerprint density at radius 3 is 2.14 bits per heavy atom. The Labute approximate surface area is 102 Å². The van der Waals surface area contributed by atoms with Gasteiger partial charge >= 0.3 is 0 Å². The molecule has 0 amide bonds. The van der Waals surface area contributed by atoms with E-state index in [4.69, 9.17) is 0 Å². The molecule has 0 aliphatic carbocycles. The molecule has 0 saturated heterocycles. The fourth-order valence-corrected chi connectivity index (χ4v) is 1.57. The Hall–Kier alpha value is -0.150. The molecule has 0 aromatic heterocycles. The highest BCUT2D eigenvalue weighted by atomic mass is 79.9. The lowest BCUT2D eigenvalue weighted by molar-refractivity contribution is 0.841. The molecule has 1 aromatic rings. The van der Waals surface area contributed by atoms with Crippen molar-refractivity contribution < 1.29 is 0 Å². The number of benzene rings is 1. The van der Waals surface area contributed by atoms with Gasteiger partial charge < -0.3 is 0 Å². The van der Waals surface area contributed by atoms with Crippen LogP contribution < -0.4 is 0 Å². The second-order valence-corrected chi connectivity index (χ2v) is 6.40. The van der Waals surface area contributed by atoms with Crippen LogP contribution in [0.1, 0.15) is 28.7 Å². The van der Waals surface area contributed by atoms with Gasteiger partial charge in [0.05, 0.1) is 3.74 Å². The second-order valence-electron chi connectivity index (χ2n) is 3.34. The predicted octanol–water partition coefficient (Wildman–Crippen LogP) is 4.30. The van der Waals surface area contributed by atoms with E-state index >= 15 is 0 Å². The summed E-state index contributed by atoms with van der Waals surface area (Å²) in [6.07, 6.45) is 1.91. The molecule has 0 radical (unpaired) electrons. The summed E-state index contributed by atoms with van der Waals surface area (Å²) in [6, 6.07) is 8.65. The van der Waals surface area contributed by atoms with Crippen molar-refractivity contribution in [3.63, 3.8) is 0 Å². The van der Waals surface area contributed by atoms with Gasteiger partial charge in [0, 0.05) is 12.3 Å². The molecule has 1 aromatic carbocycles. The van der Waals surface area contributed by atoms with Crippen molar-refractivity contribution in [3.8, 4) is 0 Å². The molecule has 0 N–H and O–H groups in total. The minimum atomic E-state index is 0.228. The highest BCUT2D eigenvalue weighted by molar-refractivity contribution is 9.24. The van der Waals surface area contributed by atoms with Gasteiger partial charge in [-0.15, -0.1) is 0 Å². The largest absolute Gasteiger partial charge is 0.290 e. The van der Waals surface area contributed by atoms with Crippen LogP contribution >= 0.6 is 31.9 Å². The van der Waals surface area contributed by atoms with Crippen molar-refractivity contribution in [2.75, 3.05) is 0 Å². The Bertz CT molecular complexity index is 302. The molecular formula is C11H13Br2N. The fraction of sp³-hybridized carbons (Fsp3) is 0.364. The molecule has 76 valence electrons. The highest BCUT2D eigenvalue weighted by Gasteiger charge is 2.00. The van der Waals surface area contributed by atoms with E-state index in [2.05, 4.69) is 75.0 Å². The van der Waals surface area contributed by atoms with Crippen LogP contribution in [-0.4, -0.2) is 12.3 Å². The van der Waals surface area contributed by atoms with Gasteiger partial charge in [-0.05, 0) is 25.0 Å². The summed E-state index contributed by atoms with van der Waals surface area (Å²) < 4.78 is 0.228. The van der Waals surface area contributed by atoms with Crippen LogP contribution in [0.5, 0.6) is 0 Å². The zero-order valence-corrected chi connectivity index (χ0v) is 11.4. The van der Waals surface area contributed by atoms with Crippen molar-refractivity contribution in [2.24, 2.45) is 4.99 Å². The average molecular weight is 319 g/mol. The van der Waals surface area contributed by atoms with Gasteiger partial charge in [-0.25, -0.2) is 0 Å². The molecule has 0 bridgehead atoms. The minimum absolute atomic E-state index is 0.228. The summed E-state index contributed by atoms with van der Waals surface area (Å²) >= 11 is 6.90. The number of aliphatic imine (C=N–C) groups is 1. The molecular weight excluding hydrogens is 306 g/mol. The van der Waals surface area contributed by atoms with E-state index in [1.165, 1.54) is 5.56 Å². The predicted molar refractivity (Wildman–Crippen MR) is 69.8 cm³/mol. The Morgan fingerprint density at radius 2 is 1.71 bits per heavy atom. The maximum atomic E-state index is 4.32. The number of hydrogen-bond acceptors (Lipinski definition) is 1. The third kappa shape index (κ3) is 3.93. The van der Waals surface area contributed by atoms with Gasteiger partial charge in [0.1, 0.15) is 0 Å². The van der Waals surface area contributed by atoms with Crippen molar-refractivity contribution >= 4 is 38.1 Å². The monoisotopic (exact) mass is 317 g/mol. The third-order valence-electron chi connectivity index (χ3n) is 1.71. The summed E-state index contributed by atoms with van der Waals surface area (Å²) in [5.74, 6) is 0. The third-order valence-corrected chi connectivity index (χ3v) is 2.77. The van der Waals surface area contributed by atoms with Gasteiger partial charge in [-0.3, -0.25) is 4.99 Å². The molecule has 0 atom stereocenters. The lowest BCUT2D eigenvalue weighted by Gasteiger charge is -2.02. The maximum Gasteiger partial charge on any atom is 0.0946 e. The van der Waals surface area contributed by atoms with Crippen molar-refractivity contribution in [2.45, 2.75) is 23.6 Å². The Balaban J connectivity index is 2.73. The first-order valence-electron chi connectivity index (χ1n) is 4.51. The Morgan fingerprint density at radius 1 is 1.14 bits per heavy atom. The van der Waals surface area contributed by atoms with Crippen LogP contribution in [0.3, 0.4) is 0 Å². The zero-order valence-electron chi connectivity index (χ0n) is 8.24. The van der Waals surface area contributed by atoms with E-state index in [-0.39, 0.29) is 3.74 Å². The molecule has 14 heavy (non-hydrogen) atoms. The van der Waals surface area contributed by atoms with E-state index < -0.39 is 0 Å². The summed E-state index contributed by atoms with van der Waals surface area (Å²) in [5.41, 5.74) is 2.36. The first kappa shape index (κ1) is 11.9. The second kappa shape index (κ2) is 5.66. The molecule has 0 saturated carbocycles. The van der Waals surface area contributed by atoms with Gasteiger partial charge in [0.2, 0.25) is 0 Å². The van der Waals surface area contributed by atoms with Gasteiger partial charge in [0.25, 0.3) is 0 Å². The first-order valence-corrected chi connectivity index (χ1v) is 6.34. The average Bonchev–Trinajstić information content (AvgIpc) is 2.15. The number of hydrogen-bond donors (Lipinski definition) is 0. The van der Waals surface area contributed by atoms with E-state index in [9.17, 15) is 0 Å². The summed E-state index contributed by atoms with van der Waals surface area (Å²) in [6.45, 7) is 4.13. The standard InChI is InChI=1S/C11H13Br2N/c1-8(2)14-7-9-3-5-10(6-4-9)11(12)13/h3-8,11H,1-2H3. The zero-order chi connectivity index (χ0) is 10.6. The van der Waals surface area contributed by atoms with Gasteiger partial charge in [-0.2, -0.15) is 0 Å². The van der Waals surface area contributed by atoms with Crippen LogP contribution in [0, 0.1) is 0 Å². The number of alkyl halides is 2. The van der Waals surface area contributed by atoms with Crippen molar-refractivity contribution in [1.29, 1.82) is 0 Å². The SMILES string of the molecule is CC(C)N=Cc1ccc(C(Br)Br)cc1. The van der Waals surface area contributed by atoms with Gasteiger partial charge in [0.15, 0.2) is 0 Å². The summed E-state index contributed by atoms with van der Waals surface area (Å²) in [7, 11) is 0. The quantitative estimate of drug-likeness (QED) is 0.582. The molecule has 0 aliphatic rings. The summed E-state index contributed by atoms with van der Waals surface area (Å²) in [5, 5.41) is 0. The molecule has 1 rings (SSSR count). The normalized spacial score (nSPS) is 11.9. The Kier molecular flexibility index (Phi) is 4.82. The topological polar surface area (TPSA) is 12.4 Å². The lowest BCUT2D eigenvalue weighted by Crippen LogP contribution is -1.90. The van der Waals surface area contributed by atoms with E-state index in [1.54, 1.807) is 0 Å². The van der Waals surface area contributed by atoms with E-state index in [0.717, 1.165) is 5.56 Å². The molecule has 0 spiro atoms. The van der Waals surface area contributed by atoms with Crippen molar-refractivity contribution in [3.05, 3.63) is 35.4 Å². The van der Waals surface area contributed by atoms with Gasteiger partial charge in [-0.1, -0.05) is 56.1 Å². The van der Waals surface area contributed by atoms with E-state index in [0.29, 0.717) is 6.04 Å². The fourth-order valence-electron chi connectivity index (χ4n) is 0.963. The molecule has 3 heteroatoms. The number of rotatable bonds is 3. The van der Waals surface area contributed by atoms with Crippen LogP contribution in [-0.2, 0) is 0 Å². The molecule has 0 unspecified atom stereocenters. The number of halogens is 2. The minimum Gasteiger partial charge on any atom is -0.290 e. The molecule has 0 aliphatic heterocycles. The smallest absolute Gasteiger partial charge is 0.0946 e. The van der Waals surface area contributed by atoms with Crippen LogP contribution in [0.2, 0.25) is 0 Å².